The summed E-state index contributed by atoms with van der Waals surface area (Å²) in [7, 11) is 0. The Hall–Kier alpha value is -3.81. The SMILES string of the molecule is Cc1cc(O)c(-c2n[nH]c3c2C(c2ccc(OCc4ccccc4)cc2)N(CCCOC(C)C)C3=O)cc1Cl. The van der Waals surface area contributed by atoms with Crippen molar-refractivity contribution in [2.45, 2.75) is 45.9 Å². The number of benzene rings is 3. The molecule has 2 heterocycles. The number of halogens is 1. The molecule has 5 rings (SSSR count). The van der Waals surface area contributed by atoms with Gasteiger partial charge in [-0.1, -0.05) is 54.1 Å². The molecule has 3 aromatic carbocycles. The van der Waals surface area contributed by atoms with Crippen molar-refractivity contribution in [1.29, 1.82) is 0 Å². The van der Waals surface area contributed by atoms with Crippen LogP contribution < -0.4 is 4.74 Å². The van der Waals surface area contributed by atoms with Gasteiger partial charge in [-0.2, -0.15) is 5.10 Å². The topological polar surface area (TPSA) is 87.7 Å². The molecule has 7 nitrogen and oxygen atoms in total. The van der Waals surface area contributed by atoms with Crippen LogP contribution >= 0.6 is 11.6 Å². The number of carbonyl (C=O) groups excluding carboxylic acids is 1. The summed E-state index contributed by atoms with van der Waals surface area (Å²) >= 11 is 6.41. The van der Waals surface area contributed by atoms with Gasteiger partial charge in [0.25, 0.3) is 5.91 Å². The molecule has 1 aliphatic rings. The molecule has 0 spiro atoms. The van der Waals surface area contributed by atoms with Gasteiger partial charge in [0, 0.05) is 29.3 Å². The van der Waals surface area contributed by atoms with Gasteiger partial charge in [-0.25, -0.2) is 0 Å². The number of aromatic nitrogens is 2. The molecule has 1 atom stereocenters. The van der Waals surface area contributed by atoms with Crippen molar-refractivity contribution in [2.75, 3.05) is 13.2 Å². The number of rotatable bonds is 10. The van der Waals surface area contributed by atoms with Crippen LogP contribution in [-0.2, 0) is 11.3 Å². The maximum Gasteiger partial charge on any atom is 0.273 e. The Bertz CT molecular complexity index is 1450. The number of phenolic OH excluding ortho intramolecular Hbond substituents is 1. The molecule has 1 aliphatic heterocycles. The third-order valence-corrected chi connectivity index (χ3v) is 7.24. The van der Waals surface area contributed by atoms with Crippen molar-refractivity contribution in [1.82, 2.24) is 15.1 Å². The highest BCUT2D eigenvalue weighted by molar-refractivity contribution is 6.31. The number of amides is 1. The lowest BCUT2D eigenvalue weighted by atomic mass is 9.95. The maximum absolute atomic E-state index is 13.6. The van der Waals surface area contributed by atoms with Crippen LogP contribution in [-0.4, -0.2) is 45.4 Å². The summed E-state index contributed by atoms with van der Waals surface area (Å²) in [5, 5.41) is 18.7. The zero-order chi connectivity index (χ0) is 27.5. The number of aromatic amines is 1. The second kappa shape index (κ2) is 11.5. The molecule has 0 saturated heterocycles. The van der Waals surface area contributed by atoms with E-state index < -0.39 is 6.04 Å². The first-order valence-electron chi connectivity index (χ1n) is 13.1. The number of aryl methyl sites for hydroxylation is 1. The molecule has 0 bridgehead atoms. The third-order valence-electron chi connectivity index (χ3n) is 6.83. The highest BCUT2D eigenvalue weighted by Crippen LogP contribution is 2.45. The van der Waals surface area contributed by atoms with Gasteiger partial charge in [0.1, 0.15) is 29.5 Å². The highest BCUT2D eigenvalue weighted by atomic mass is 35.5. The van der Waals surface area contributed by atoms with Crippen molar-refractivity contribution in [2.24, 2.45) is 0 Å². The molecular weight excluding hydrogens is 514 g/mol. The van der Waals surface area contributed by atoms with Crippen molar-refractivity contribution in [3.63, 3.8) is 0 Å². The molecule has 8 heteroatoms. The minimum absolute atomic E-state index is 0.0610. The van der Waals surface area contributed by atoms with Crippen molar-refractivity contribution >= 4 is 17.5 Å². The van der Waals surface area contributed by atoms with E-state index in [-0.39, 0.29) is 17.8 Å². The third kappa shape index (κ3) is 5.65. The van der Waals surface area contributed by atoms with Crippen LogP contribution in [0.15, 0.2) is 66.7 Å². The monoisotopic (exact) mass is 545 g/mol. The van der Waals surface area contributed by atoms with Crippen LogP contribution in [0, 0.1) is 6.92 Å². The first-order valence-corrected chi connectivity index (χ1v) is 13.5. The number of aromatic hydroxyl groups is 1. The van der Waals surface area contributed by atoms with E-state index in [1.54, 1.807) is 12.1 Å². The first-order chi connectivity index (χ1) is 18.8. The molecule has 1 unspecified atom stereocenters. The van der Waals surface area contributed by atoms with Gasteiger partial charge in [0.15, 0.2) is 0 Å². The summed E-state index contributed by atoms with van der Waals surface area (Å²) in [4.78, 5) is 15.4. The Balaban J connectivity index is 1.48. The zero-order valence-corrected chi connectivity index (χ0v) is 23.0. The Labute approximate surface area is 233 Å². The zero-order valence-electron chi connectivity index (χ0n) is 22.3. The number of hydrogen-bond donors (Lipinski definition) is 2. The molecule has 0 saturated carbocycles. The summed E-state index contributed by atoms with van der Waals surface area (Å²) in [6, 6.07) is 20.7. The largest absolute Gasteiger partial charge is 0.507 e. The van der Waals surface area contributed by atoms with E-state index >= 15 is 0 Å². The van der Waals surface area contributed by atoms with E-state index in [0.29, 0.717) is 48.2 Å². The molecule has 2 N–H and O–H groups in total. The van der Waals surface area contributed by atoms with Gasteiger partial charge in [-0.05, 0) is 68.1 Å². The lowest BCUT2D eigenvalue weighted by Gasteiger charge is -2.27. The van der Waals surface area contributed by atoms with Crippen LogP contribution in [0.25, 0.3) is 11.3 Å². The van der Waals surface area contributed by atoms with Gasteiger partial charge in [-0.3, -0.25) is 9.89 Å². The minimum Gasteiger partial charge on any atom is -0.507 e. The predicted molar refractivity (Wildman–Crippen MR) is 151 cm³/mol. The number of H-pyrrole nitrogens is 1. The first kappa shape index (κ1) is 26.8. The Morgan fingerprint density at radius 1 is 1.10 bits per heavy atom. The second-order valence-corrected chi connectivity index (χ2v) is 10.4. The lowest BCUT2D eigenvalue weighted by molar-refractivity contribution is 0.0601. The summed E-state index contributed by atoms with van der Waals surface area (Å²) in [5.74, 6) is 0.658. The summed E-state index contributed by atoms with van der Waals surface area (Å²) in [6.07, 6.45) is 0.809. The smallest absolute Gasteiger partial charge is 0.273 e. The molecule has 202 valence electrons. The fourth-order valence-corrected chi connectivity index (χ4v) is 5.04. The second-order valence-electron chi connectivity index (χ2n) is 10.00. The van der Waals surface area contributed by atoms with Crippen molar-refractivity contribution in [3.05, 3.63) is 99.7 Å². The molecule has 1 amide bonds. The lowest BCUT2D eigenvalue weighted by Crippen LogP contribution is -2.31. The van der Waals surface area contributed by atoms with Gasteiger partial charge >= 0.3 is 0 Å². The Morgan fingerprint density at radius 3 is 2.56 bits per heavy atom. The van der Waals surface area contributed by atoms with Gasteiger partial charge in [0.2, 0.25) is 0 Å². The van der Waals surface area contributed by atoms with Crippen LogP contribution in [0.3, 0.4) is 0 Å². The van der Waals surface area contributed by atoms with E-state index in [2.05, 4.69) is 10.2 Å². The number of fused-ring (bicyclic) bond motifs is 1. The molecule has 0 radical (unpaired) electrons. The van der Waals surface area contributed by atoms with Gasteiger partial charge in [0.05, 0.1) is 12.1 Å². The predicted octanol–water partition coefficient (Wildman–Crippen LogP) is 6.68. The normalized spacial score (nSPS) is 14.7. The quantitative estimate of drug-likeness (QED) is 0.217. The number of hydrogen-bond acceptors (Lipinski definition) is 5. The van der Waals surface area contributed by atoms with Crippen LogP contribution in [0.4, 0.5) is 0 Å². The standard InChI is InChI=1S/C31H32ClN3O4/c1-19(2)38-15-7-14-35-30(22-10-12-23(13-11-22)39-18-21-8-5-4-6-9-21)27-28(33-34-29(27)31(35)37)24-17-25(32)20(3)16-26(24)36/h4-6,8-13,16-17,19,30,36H,7,14-15,18H2,1-3H3,(H,33,34). The molecule has 0 aliphatic carbocycles. The fourth-order valence-electron chi connectivity index (χ4n) is 4.88. The summed E-state index contributed by atoms with van der Waals surface area (Å²) in [5.41, 5.74) is 4.89. The van der Waals surface area contributed by atoms with Crippen LogP contribution in [0.2, 0.25) is 5.02 Å². The number of carbonyl (C=O) groups is 1. The number of phenols is 1. The number of nitrogens with zero attached hydrogens (tertiary/aromatic N) is 2. The average molecular weight is 546 g/mol. The number of ether oxygens (including phenoxy) is 2. The van der Waals surface area contributed by atoms with Crippen LogP contribution in [0.1, 0.15) is 59.1 Å². The fraction of sp³-hybridized carbons (Fsp3) is 0.290. The van der Waals surface area contributed by atoms with E-state index in [4.69, 9.17) is 21.1 Å². The minimum atomic E-state index is -0.400. The highest BCUT2D eigenvalue weighted by Gasteiger charge is 2.42. The summed E-state index contributed by atoms with van der Waals surface area (Å²) in [6.45, 7) is 7.34. The van der Waals surface area contributed by atoms with Crippen molar-refractivity contribution < 1.29 is 19.4 Å². The molecule has 39 heavy (non-hydrogen) atoms. The Morgan fingerprint density at radius 2 is 1.85 bits per heavy atom. The molecular formula is C31H32ClN3O4. The van der Waals surface area contributed by atoms with Gasteiger partial charge in [-0.15, -0.1) is 0 Å². The van der Waals surface area contributed by atoms with Crippen molar-refractivity contribution in [3.8, 4) is 22.8 Å². The average Bonchev–Trinajstić information content (AvgIpc) is 3.47. The van der Waals surface area contributed by atoms with Crippen LogP contribution in [0.5, 0.6) is 11.5 Å². The molecule has 0 fully saturated rings. The molecule has 1 aromatic heterocycles. The summed E-state index contributed by atoms with van der Waals surface area (Å²) < 4.78 is 11.7. The number of nitrogens with one attached hydrogen (secondary N) is 1. The molecule has 4 aromatic rings. The maximum atomic E-state index is 13.6. The van der Waals surface area contributed by atoms with E-state index in [1.165, 1.54) is 0 Å². The Kier molecular flexibility index (Phi) is 7.91. The van der Waals surface area contributed by atoms with E-state index in [9.17, 15) is 9.90 Å². The van der Waals surface area contributed by atoms with E-state index in [0.717, 1.165) is 28.0 Å². The van der Waals surface area contributed by atoms with E-state index in [1.807, 2.05) is 80.3 Å². The van der Waals surface area contributed by atoms with Gasteiger partial charge < -0.3 is 19.5 Å².